The van der Waals surface area contributed by atoms with E-state index in [2.05, 4.69) is 26.8 Å². The summed E-state index contributed by atoms with van der Waals surface area (Å²) < 4.78 is 33.6. The van der Waals surface area contributed by atoms with Crippen LogP contribution in [0.5, 0.6) is 5.88 Å². The van der Waals surface area contributed by atoms with Crippen LogP contribution in [-0.4, -0.2) is 45.0 Å². The highest BCUT2D eigenvalue weighted by molar-refractivity contribution is 6.31. The molecular weight excluding hydrogens is 416 g/mol. The van der Waals surface area contributed by atoms with Gasteiger partial charge in [0.05, 0.1) is 17.7 Å². The number of carbonyl (C=O) groups excluding carboxylic acids is 1. The summed E-state index contributed by atoms with van der Waals surface area (Å²) in [6, 6.07) is 5.62. The number of likely N-dealkylation sites (tertiary alicyclic amines) is 1. The predicted octanol–water partition coefficient (Wildman–Crippen LogP) is 3.87. The topological polar surface area (TPSA) is 80.2 Å². The van der Waals surface area contributed by atoms with Crippen molar-refractivity contribution in [1.82, 2.24) is 19.9 Å². The number of aromatic nitrogens is 3. The Labute approximate surface area is 175 Å². The molecule has 1 atom stereocenters. The molecule has 1 aromatic carbocycles. The molecule has 0 aliphatic carbocycles. The van der Waals surface area contributed by atoms with E-state index in [1.807, 2.05) is 0 Å². The van der Waals surface area contributed by atoms with Crippen molar-refractivity contribution in [1.29, 1.82) is 0 Å². The van der Waals surface area contributed by atoms with E-state index in [0.29, 0.717) is 36.4 Å². The quantitative estimate of drug-likeness (QED) is 0.488. The van der Waals surface area contributed by atoms with Crippen molar-refractivity contribution in [2.24, 2.45) is 0 Å². The maximum Gasteiger partial charge on any atom is 0.246 e. The van der Waals surface area contributed by atoms with Gasteiger partial charge in [0, 0.05) is 19.0 Å². The minimum absolute atomic E-state index is 0.0520. The van der Waals surface area contributed by atoms with E-state index in [1.165, 1.54) is 18.5 Å². The molecule has 1 aliphatic rings. The number of hydrogen-bond donors (Lipinski definition) is 1. The van der Waals surface area contributed by atoms with Crippen LogP contribution in [0.15, 0.2) is 43.2 Å². The highest BCUT2D eigenvalue weighted by Crippen LogP contribution is 2.30. The van der Waals surface area contributed by atoms with Crippen LogP contribution in [0.1, 0.15) is 6.42 Å². The second-order valence-corrected chi connectivity index (χ2v) is 6.98. The first-order chi connectivity index (χ1) is 14.5. The van der Waals surface area contributed by atoms with Crippen molar-refractivity contribution >= 4 is 40.0 Å². The highest BCUT2D eigenvalue weighted by Gasteiger charge is 2.26. The third-order valence-corrected chi connectivity index (χ3v) is 5.01. The average Bonchev–Trinajstić information content (AvgIpc) is 3.22. The van der Waals surface area contributed by atoms with Crippen LogP contribution in [0.4, 0.5) is 20.3 Å². The molecule has 2 aromatic heterocycles. The second kappa shape index (κ2) is 8.19. The lowest BCUT2D eigenvalue weighted by molar-refractivity contribution is -0.125. The number of halogens is 3. The van der Waals surface area contributed by atoms with E-state index in [4.69, 9.17) is 16.3 Å². The van der Waals surface area contributed by atoms with Gasteiger partial charge < -0.3 is 15.0 Å². The predicted molar refractivity (Wildman–Crippen MR) is 108 cm³/mol. The zero-order valence-corrected chi connectivity index (χ0v) is 16.4. The molecule has 0 bridgehead atoms. The summed E-state index contributed by atoms with van der Waals surface area (Å²) in [7, 11) is 0. The molecule has 3 heterocycles. The Morgan fingerprint density at radius 2 is 2.13 bits per heavy atom. The molecular formula is C20H16ClF2N5O2. The molecule has 3 aromatic rings. The summed E-state index contributed by atoms with van der Waals surface area (Å²) in [5, 5.41) is 2.16. The fourth-order valence-corrected chi connectivity index (χ4v) is 3.32. The molecule has 0 unspecified atom stereocenters. The number of rotatable bonds is 5. The average molecular weight is 432 g/mol. The van der Waals surface area contributed by atoms with Crippen molar-refractivity contribution in [2.75, 3.05) is 18.4 Å². The summed E-state index contributed by atoms with van der Waals surface area (Å²) >= 11 is 5.64. The van der Waals surface area contributed by atoms with Crippen molar-refractivity contribution in [2.45, 2.75) is 12.5 Å². The summed E-state index contributed by atoms with van der Waals surface area (Å²) in [5.41, 5.74) is 0.791. The first-order valence-electron chi connectivity index (χ1n) is 9.06. The minimum Gasteiger partial charge on any atom is -0.472 e. The largest absolute Gasteiger partial charge is 0.472 e. The lowest BCUT2D eigenvalue weighted by atomic mass is 10.2. The summed E-state index contributed by atoms with van der Waals surface area (Å²) in [5.74, 6) is -1.42. The van der Waals surface area contributed by atoms with Crippen LogP contribution in [0, 0.1) is 11.6 Å². The van der Waals surface area contributed by atoms with Gasteiger partial charge in [-0.05, 0) is 24.3 Å². The Bertz CT molecular complexity index is 1140. The second-order valence-electron chi connectivity index (χ2n) is 6.60. The molecule has 1 fully saturated rings. The van der Waals surface area contributed by atoms with Crippen LogP contribution >= 0.6 is 11.6 Å². The monoisotopic (exact) mass is 431 g/mol. The Morgan fingerprint density at radius 1 is 1.30 bits per heavy atom. The van der Waals surface area contributed by atoms with Gasteiger partial charge in [-0.3, -0.25) is 4.79 Å². The number of ether oxygens (including phenoxy) is 1. The van der Waals surface area contributed by atoms with E-state index >= 15 is 0 Å². The molecule has 1 amide bonds. The number of benzene rings is 1. The number of nitrogens with one attached hydrogen (secondary N) is 1. The maximum atomic E-state index is 14.3. The Balaban J connectivity index is 1.59. The molecule has 7 nitrogen and oxygen atoms in total. The zero-order chi connectivity index (χ0) is 21.3. The maximum absolute atomic E-state index is 14.3. The Hall–Kier alpha value is -3.33. The standard InChI is InChI=1S/C20H16ClF2N5O2/c1-2-16(29)28-8-7-11(9-28)30-15-6-5-14-19(27-15)20(25-10-24-14)26-13-4-3-12(22)17(21)18(13)23/h2-6,10-11H,1,7-9H2,(H,24,25,26)/t11-/m0/s1. The van der Waals surface area contributed by atoms with Crippen LogP contribution in [0.3, 0.4) is 0 Å². The van der Waals surface area contributed by atoms with Gasteiger partial charge in [-0.25, -0.2) is 23.7 Å². The Morgan fingerprint density at radius 3 is 2.93 bits per heavy atom. The molecule has 1 saturated heterocycles. The molecule has 0 radical (unpaired) electrons. The van der Waals surface area contributed by atoms with E-state index in [9.17, 15) is 13.6 Å². The van der Waals surface area contributed by atoms with Crippen LogP contribution < -0.4 is 10.1 Å². The lowest BCUT2D eigenvalue weighted by Crippen LogP contribution is -2.29. The van der Waals surface area contributed by atoms with Crippen LogP contribution in [0.2, 0.25) is 5.02 Å². The zero-order valence-electron chi connectivity index (χ0n) is 15.6. The van der Waals surface area contributed by atoms with E-state index in [-0.39, 0.29) is 23.5 Å². The molecule has 10 heteroatoms. The molecule has 4 rings (SSSR count). The summed E-state index contributed by atoms with van der Waals surface area (Å²) in [4.78, 5) is 26.1. The first-order valence-corrected chi connectivity index (χ1v) is 9.44. The molecule has 30 heavy (non-hydrogen) atoms. The van der Waals surface area contributed by atoms with Gasteiger partial charge in [0.1, 0.15) is 28.8 Å². The van der Waals surface area contributed by atoms with Gasteiger partial charge in [-0.15, -0.1) is 0 Å². The molecule has 0 saturated carbocycles. The van der Waals surface area contributed by atoms with Gasteiger partial charge in [-0.2, -0.15) is 0 Å². The lowest BCUT2D eigenvalue weighted by Gasteiger charge is -2.15. The van der Waals surface area contributed by atoms with Crippen LogP contribution in [-0.2, 0) is 4.79 Å². The van der Waals surface area contributed by atoms with E-state index < -0.39 is 16.7 Å². The SMILES string of the molecule is C=CC(=O)N1CC[C@H](Oc2ccc3ncnc(Nc4ccc(F)c(Cl)c4F)c3n2)C1. The highest BCUT2D eigenvalue weighted by atomic mass is 35.5. The van der Waals surface area contributed by atoms with Crippen molar-refractivity contribution in [3.05, 3.63) is 59.9 Å². The van der Waals surface area contributed by atoms with Gasteiger partial charge in [0.25, 0.3) is 0 Å². The first kappa shape index (κ1) is 20.0. The number of hydrogen-bond acceptors (Lipinski definition) is 6. The third kappa shape index (κ3) is 3.88. The number of pyridine rings is 1. The van der Waals surface area contributed by atoms with Gasteiger partial charge in [-0.1, -0.05) is 18.2 Å². The van der Waals surface area contributed by atoms with Gasteiger partial charge in [0.2, 0.25) is 11.8 Å². The van der Waals surface area contributed by atoms with Gasteiger partial charge >= 0.3 is 0 Å². The normalized spacial score (nSPS) is 16.0. The molecule has 1 N–H and O–H groups in total. The fourth-order valence-electron chi connectivity index (χ4n) is 3.15. The van der Waals surface area contributed by atoms with Crippen molar-refractivity contribution < 1.29 is 18.3 Å². The van der Waals surface area contributed by atoms with E-state index in [0.717, 1.165) is 6.07 Å². The number of anilines is 2. The van der Waals surface area contributed by atoms with Crippen molar-refractivity contribution in [3.63, 3.8) is 0 Å². The van der Waals surface area contributed by atoms with Gasteiger partial charge in [0.15, 0.2) is 11.6 Å². The van der Waals surface area contributed by atoms with Crippen LogP contribution in [0.25, 0.3) is 11.0 Å². The molecule has 1 aliphatic heterocycles. The number of fused-ring (bicyclic) bond motifs is 1. The minimum atomic E-state index is -0.936. The molecule has 0 spiro atoms. The van der Waals surface area contributed by atoms with E-state index in [1.54, 1.807) is 17.0 Å². The molecule has 154 valence electrons. The smallest absolute Gasteiger partial charge is 0.246 e. The number of nitrogens with zero attached hydrogens (tertiary/aromatic N) is 4. The number of amides is 1. The van der Waals surface area contributed by atoms with Crippen molar-refractivity contribution in [3.8, 4) is 5.88 Å². The summed E-state index contributed by atoms with van der Waals surface area (Å²) in [6.07, 6.45) is 3.01. The fraction of sp³-hybridized carbons (Fsp3) is 0.200. The Kier molecular flexibility index (Phi) is 5.45. The summed E-state index contributed by atoms with van der Waals surface area (Å²) in [6.45, 7) is 4.49. The number of carbonyl (C=O) groups is 1. The third-order valence-electron chi connectivity index (χ3n) is 4.66.